The monoisotopic (exact) mass is 686 g/mol. The molecule has 18 heteroatoms. The molecule has 6 N–H and O–H groups in total. The van der Waals surface area contributed by atoms with E-state index in [1.54, 1.807) is 0 Å². The third kappa shape index (κ3) is 8.48. The summed E-state index contributed by atoms with van der Waals surface area (Å²) in [4.78, 5) is 76.9. The van der Waals surface area contributed by atoms with Gasteiger partial charge >= 0.3 is 64.9 Å². The molecule has 18 nitrogen and oxygen atoms in total. The van der Waals surface area contributed by atoms with Crippen LogP contribution in [0.5, 0.6) is 0 Å². The smallest absolute Gasteiger partial charge is 0.420 e. The van der Waals surface area contributed by atoms with E-state index in [0.29, 0.717) is 0 Å². The molecule has 0 bridgehead atoms. The SMILES string of the molecule is C=C(C)C(=O)OC(O)(OC(=O)C(=C)C)[C@](O)(OC(=O)C(=C)C)[C@](O)(OC(=O)C(=C)C)[C@](O)(OC(=O)C(=C)C)[C@](O)(CO)OC(=O)C(=C)C. The minimum absolute atomic E-state index is 0.621. The summed E-state index contributed by atoms with van der Waals surface area (Å²) in [7, 11) is 0. The molecule has 0 heterocycles. The fraction of sp³-hybridized carbons (Fsp3) is 0.400. The Hall–Kier alpha value is -4.98. The molecule has 0 fully saturated rings. The molecule has 0 spiro atoms. The Kier molecular flexibility index (Phi) is 13.7. The number of carbonyl (C=O) groups is 6. The van der Waals surface area contributed by atoms with Crippen LogP contribution in [0.25, 0.3) is 0 Å². The normalized spacial score (nSPS) is 16.0. The number of esters is 6. The number of aliphatic hydroxyl groups is 6. The van der Waals surface area contributed by atoms with Crippen LogP contribution in [0.15, 0.2) is 72.9 Å². The molecule has 0 saturated carbocycles. The first kappa shape index (κ1) is 43.0. The van der Waals surface area contributed by atoms with E-state index in [1.807, 2.05) is 0 Å². The predicted octanol–water partition coefficient (Wildman–Crippen LogP) is -0.905. The summed E-state index contributed by atoms with van der Waals surface area (Å²) in [6.07, 6.45) is 0. The molecule has 0 aliphatic heterocycles. The van der Waals surface area contributed by atoms with Crippen LogP contribution in [-0.4, -0.2) is 102 Å². The lowest BCUT2D eigenvalue weighted by atomic mass is 9.86. The lowest BCUT2D eigenvalue weighted by Gasteiger charge is -2.53. The van der Waals surface area contributed by atoms with Gasteiger partial charge in [0, 0.05) is 33.4 Å². The fourth-order valence-corrected chi connectivity index (χ4v) is 2.83. The highest BCUT2D eigenvalue weighted by Gasteiger charge is 2.87. The third-order valence-electron chi connectivity index (χ3n) is 5.63. The van der Waals surface area contributed by atoms with Gasteiger partial charge < -0.3 is 59.1 Å². The Morgan fingerprint density at radius 2 is 0.646 bits per heavy atom. The zero-order valence-electron chi connectivity index (χ0n) is 27.0. The second-order valence-electron chi connectivity index (χ2n) is 10.5. The van der Waals surface area contributed by atoms with E-state index in [0.717, 1.165) is 41.5 Å². The van der Waals surface area contributed by atoms with E-state index < -0.39 is 105 Å². The van der Waals surface area contributed by atoms with Crippen LogP contribution in [0, 0.1) is 0 Å². The largest absolute Gasteiger partial charge is 0.451 e. The van der Waals surface area contributed by atoms with Gasteiger partial charge in [-0.1, -0.05) is 39.5 Å². The fourth-order valence-electron chi connectivity index (χ4n) is 2.83. The molecule has 0 amide bonds. The van der Waals surface area contributed by atoms with Crippen LogP contribution in [0.2, 0.25) is 0 Å². The molecule has 0 unspecified atom stereocenters. The summed E-state index contributed by atoms with van der Waals surface area (Å²) < 4.78 is 28.1. The molecular formula is C30H38O18. The highest BCUT2D eigenvalue weighted by atomic mass is 16.9. The molecular weight excluding hydrogens is 648 g/mol. The topological polar surface area (TPSA) is 279 Å². The minimum atomic E-state index is -5.21. The molecule has 48 heavy (non-hydrogen) atoms. The van der Waals surface area contributed by atoms with E-state index >= 15 is 0 Å². The van der Waals surface area contributed by atoms with Crippen LogP contribution >= 0.6 is 0 Å². The van der Waals surface area contributed by atoms with Crippen molar-refractivity contribution in [2.24, 2.45) is 0 Å². The third-order valence-corrected chi connectivity index (χ3v) is 5.63. The summed E-state index contributed by atoms with van der Waals surface area (Å²) in [6, 6.07) is 0. The van der Waals surface area contributed by atoms with Crippen molar-refractivity contribution in [2.75, 3.05) is 6.61 Å². The number of hydrogen-bond acceptors (Lipinski definition) is 18. The Morgan fingerprint density at radius 3 is 0.917 bits per heavy atom. The molecule has 0 aliphatic carbocycles. The summed E-state index contributed by atoms with van der Waals surface area (Å²) in [5, 5.41) is 69.7. The van der Waals surface area contributed by atoms with E-state index in [4.69, 9.17) is 14.2 Å². The Labute approximate surface area is 274 Å². The highest BCUT2D eigenvalue weighted by molar-refractivity contribution is 5.91. The number of ether oxygens (including phenoxy) is 6. The van der Waals surface area contributed by atoms with Gasteiger partial charge in [0.15, 0.2) is 0 Å². The second kappa shape index (κ2) is 15.3. The first-order valence-electron chi connectivity index (χ1n) is 13.1. The maximum atomic E-state index is 13.0. The predicted molar refractivity (Wildman–Crippen MR) is 157 cm³/mol. The number of carbonyl (C=O) groups excluding carboxylic acids is 6. The lowest BCUT2D eigenvalue weighted by molar-refractivity contribution is -0.556. The number of aliphatic hydroxyl groups excluding tert-OH is 1. The molecule has 0 aromatic heterocycles. The molecule has 0 aromatic carbocycles. The van der Waals surface area contributed by atoms with Crippen LogP contribution in [-0.2, 0) is 57.2 Å². The van der Waals surface area contributed by atoms with E-state index in [9.17, 15) is 59.4 Å². The minimum Gasteiger partial charge on any atom is -0.420 e. The van der Waals surface area contributed by atoms with Crippen LogP contribution in [0.1, 0.15) is 41.5 Å². The summed E-state index contributed by atoms with van der Waals surface area (Å²) in [6.45, 7) is 22.3. The van der Waals surface area contributed by atoms with Gasteiger partial charge in [-0.15, -0.1) is 0 Å². The Morgan fingerprint density at radius 1 is 0.417 bits per heavy atom. The van der Waals surface area contributed by atoms with Gasteiger partial charge in [-0.25, -0.2) is 28.8 Å². The van der Waals surface area contributed by atoms with Crippen molar-refractivity contribution in [1.29, 1.82) is 0 Å². The van der Waals surface area contributed by atoms with Crippen LogP contribution in [0.3, 0.4) is 0 Å². The molecule has 0 saturated heterocycles. The van der Waals surface area contributed by atoms with Gasteiger partial charge in [0.2, 0.25) is 0 Å². The standard InChI is InChI=1S/C30H38O18/c1-14(2)20(32)43-26(38,13-31)27(39,44-21(33)15(3)4)28(40,45-22(34)16(5)6)29(41,46-23(35)17(7)8)30(42,47-24(36)18(9)10)48-25(37)19(11)12/h31,38-42H,1,3,5,7,9,11,13H2,2,4,6,8,10,12H3/t26-,27+,28+,29+/m0/s1. The zero-order chi connectivity index (χ0) is 38.4. The summed E-state index contributed by atoms with van der Waals surface area (Å²) in [5.74, 6) is -35.9. The maximum absolute atomic E-state index is 13.0. The van der Waals surface area contributed by atoms with Gasteiger partial charge in [-0.05, 0) is 41.5 Å². The molecule has 0 radical (unpaired) electrons. The average Bonchev–Trinajstić information content (AvgIpc) is 2.95. The average molecular weight is 687 g/mol. The van der Waals surface area contributed by atoms with Gasteiger partial charge in [-0.2, -0.15) is 0 Å². The number of rotatable bonds is 17. The van der Waals surface area contributed by atoms with Crippen molar-refractivity contribution in [2.45, 2.75) is 70.7 Å². The first-order chi connectivity index (χ1) is 21.5. The van der Waals surface area contributed by atoms with E-state index in [-0.39, 0.29) is 0 Å². The molecule has 0 aromatic rings. The first-order valence-corrected chi connectivity index (χ1v) is 13.1. The van der Waals surface area contributed by atoms with E-state index in [1.165, 1.54) is 0 Å². The van der Waals surface area contributed by atoms with E-state index in [2.05, 4.69) is 53.7 Å². The van der Waals surface area contributed by atoms with Crippen molar-refractivity contribution >= 4 is 35.8 Å². The summed E-state index contributed by atoms with van der Waals surface area (Å²) in [5.41, 5.74) is -4.28. The number of hydrogen-bond donors (Lipinski definition) is 6. The van der Waals surface area contributed by atoms with Gasteiger partial charge in [0.25, 0.3) is 0 Å². The van der Waals surface area contributed by atoms with Gasteiger partial charge in [0.05, 0.1) is 0 Å². The van der Waals surface area contributed by atoms with Crippen molar-refractivity contribution in [1.82, 2.24) is 0 Å². The van der Waals surface area contributed by atoms with Crippen molar-refractivity contribution in [3.05, 3.63) is 72.9 Å². The highest BCUT2D eigenvalue weighted by Crippen LogP contribution is 2.50. The second-order valence-corrected chi connectivity index (χ2v) is 10.5. The lowest BCUT2D eigenvalue weighted by Crippen LogP contribution is -2.85. The van der Waals surface area contributed by atoms with Gasteiger partial charge in [0.1, 0.15) is 6.61 Å². The Balaban J connectivity index is 8.99. The molecule has 4 atom stereocenters. The van der Waals surface area contributed by atoms with Crippen LogP contribution < -0.4 is 0 Å². The molecule has 0 aliphatic rings. The quantitative estimate of drug-likeness (QED) is 0.0468. The Bertz CT molecular complexity index is 1440. The maximum Gasteiger partial charge on any atom is 0.451 e. The van der Waals surface area contributed by atoms with Crippen LogP contribution in [0.4, 0.5) is 0 Å². The van der Waals surface area contributed by atoms with Gasteiger partial charge in [-0.3, -0.25) is 0 Å². The zero-order valence-corrected chi connectivity index (χ0v) is 27.0. The van der Waals surface area contributed by atoms with Crippen molar-refractivity contribution in [3.63, 3.8) is 0 Å². The van der Waals surface area contributed by atoms with Crippen molar-refractivity contribution in [3.8, 4) is 0 Å². The van der Waals surface area contributed by atoms with Crippen molar-refractivity contribution < 1.29 is 87.8 Å². The molecule has 0 rings (SSSR count). The molecule has 266 valence electrons. The summed E-state index contributed by atoms with van der Waals surface area (Å²) >= 11 is 0.